The first kappa shape index (κ1) is 21.6. The van der Waals surface area contributed by atoms with E-state index in [2.05, 4.69) is 43.8 Å². The first-order valence-electron chi connectivity index (χ1n) is 11.7. The van der Waals surface area contributed by atoms with Gasteiger partial charge in [0.25, 0.3) is 5.56 Å². The molecule has 0 saturated carbocycles. The molecule has 0 spiro atoms. The quantitative estimate of drug-likeness (QED) is 0.536. The highest BCUT2D eigenvalue weighted by atomic mass is 32.1. The second-order valence-electron chi connectivity index (χ2n) is 9.09. The van der Waals surface area contributed by atoms with Gasteiger partial charge in [-0.1, -0.05) is 6.07 Å². The number of aromatic nitrogens is 3. The van der Waals surface area contributed by atoms with Crippen molar-refractivity contribution >= 4 is 27.4 Å². The monoisotopic (exact) mass is 452 g/mol. The van der Waals surface area contributed by atoms with E-state index < -0.39 is 0 Å². The summed E-state index contributed by atoms with van der Waals surface area (Å²) in [5.74, 6) is 1.09. The Morgan fingerprint density at radius 2 is 1.88 bits per heavy atom. The van der Waals surface area contributed by atoms with Crippen LogP contribution in [-0.4, -0.2) is 70.7 Å². The Morgan fingerprint density at radius 3 is 2.69 bits per heavy atom. The lowest BCUT2D eigenvalue weighted by Crippen LogP contribution is -2.47. The maximum Gasteiger partial charge on any atom is 0.262 e. The van der Waals surface area contributed by atoms with Crippen LogP contribution >= 0.6 is 11.3 Å². The average molecular weight is 453 g/mol. The lowest BCUT2D eigenvalue weighted by atomic mass is 10.1. The van der Waals surface area contributed by atoms with Crippen LogP contribution in [0.1, 0.15) is 29.0 Å². The number of fused-ring (bicyclic) bond motifs is 3. The van der Waals surface area contributed by atoms with Gasteiger partial charge < -0.3 is 9.80 Å². The predicted molar refractivity (Wildman–Crippen MR) is 131 cm³/mol. The van der Waals surface area contributed by atoms with Gasteiger partial charge in [-0.15, -0.1) is 11.3 Å². The fourth-order valence-electron chi connectivity index (χ4n) is 4.83. The Kier molecular flexibility index (Phi) is 6.26. The lowest BCUT2D eigenvalue weighted by Gasteiger charge is -2.35. The molecule has 5 heterocycles. The number of nitrogens with zero attached hydrogens (tertiary/aromatic N) is 6. The molecule has 0 N–H and O–H groups in total. The van der Waals surface area contributed by atoms with Crippen molar-refractivity contribution in [2.75, 3.05) is 51.2 Å². The number of anilines is 1. The number of unbranched alkanes of at least 4 members (excludes halogenated alkanes) is 1. The number of hydrogen-bond acceptors (Lipinski definition) is 7. The molecule has 0 atom stereocenters. The normalized spacial score (nSPS) is 17.8. The van der Waals surface area contributed by atoms with Crippen LogP contribution in [0.15, 0.2) is 29.3 Å². The van der Waals surface area contributed by atoms with Crippen LogP contribution in [0.5, 0.6) is 0 Å². The zero-order valence-corrected chi connectivity index (χ0v) is 19.9. The molecule has 2 aliphatic heterocycles. The first-order chi connectivity index (χ1) is 15.6. The smallest absolute Gasteiger partial charge is 0.262 e. The lowest BCUT2D eigenvalue weighted by molar-refractivity contribution is 0.250. The standard InChI is InChI=1S/C24H32N6OS/c1-18-6-5-7-21(26-18)29-14-12-28(13-15-29)9-3-4-10-30-17-25-23-22(24(30)31)19-8-11-27(2)16-20(19)32-23/h5-7,17H,3-4,8-16H2,1-2H3. The van der Waals surface area contributed by atoms with E-state index in [0.29, 0.717) is 0 Å². The van der Waals surface area contributed by atoms with E-state index in [1.165, 1.54) is 10.4 Å². The third-order valence-corrected chi connectivity index (χ3v) is 7.84. The van der Waals surface area contributed by atoms with Crippen LogP contribution < -0.4 is 10.5 Å². The number of thiophene rings is 1. The van der Waals surface area contributed by atoms with Gasteiger partial charge in [0.2, 0.25) is 0 Å². The summed E-state index contributed by atoms with van der Waals surface area (Å²) >= 11 is 1.69. The number of pyridine rings is 1. The summed E-state index contributed by atoms with van der Waals surface area (Å²) < 4.78 is 1.83. The summed E-state index contributed by atoms with van der Waals surface area (Å²) in [6, 6.07) is 6.24. The Balaban J connectivity index is 1.13. The van der Waals surface area contributed by atoms with Gasteiger partial charge in [0, 0.05) is 56.4 Å². The minimum atomic E-state index is 0.149. The molecule has 5 rings (SSSR count). The third kappa shape index (κ3) is 4.44. The molecule has 0 aliphatic carbocycles. The minimum Gasteiger partial charge on any atom is -0.354 e. The first-order valence-corrected chi connectivity index (χ1v) is 12.5. The van der Waals surface area contributed by atoms with Crippen LogP contribution in [-0.2, 0) is 19.5 Å². The fourth-order valence-corrected chi connectivity index (χ4v) is 6.09. The van der Waals surface area contributed by atoms with Gasteiger partial charge in [0.15, 0.2) is 0 Å². The SMILES string of the molecule is Cc1cccc(N2CCN(CCCCn3cnc4sc5c(c4c3=O)CCN(C)C5)CC2)n1. The molecule has 8 heteroatoms. The third-order valence-electron chi connectivity index (χ3n) is 6.71. The second kappa shape index (κ2) is 9.29. The zero-order chi connectivity index (χ0) is 22.1. The fraction of sp³-hybridized carbons (Fsp3) is 0.542. The number of piperazine rings is 1. The van der Waals surface area contributed by atoms with E-state index >= 15 is 0 Å². The Hall–Kier alpha value is -2.29. The van der Waals surface area contributed by atoms with Gasteiger partial charge in [0.05, 0.1) is 11.7 Å². The molecule has 0 bridgehead atoms. The number of likely N-dealkylation sites (N-methyl/N-ethyl adjacent to an activating group) is 1. The maximum absolute atomic E-state index is 13.1. The largest absolute Gasteiger partial charge is 0.354 e. The van der Waals surface area contributed by atoms with Gasteiger partial charge in [-0.25, -0.2) is 9.97 Å². The molecular formula is C24H32N6OS. The molecule has 0 unspecified atom stereocenters. The summed E-state index contributed by atoms with van der Waals surface area (Å²) in [5.41, 5.74) is 2.47. The second-order valence-corrected chi connectivity index (χ2v) is 10.2. The van der Waals surface area contributed by atoms with E-state index in [0.717, 1.165) is 93.3 Å². The van der Waals surface area contributed by atoms with Crippen molar-refractivity contribution < 1.29 is 0 Å². The molecule has 2 aliphatic rings. The Bertz CT molecular complexity index is 1150. The van der Waals surface area contributed by atoms with Crippen LogP contribution in [0.25, 0.3) is 10.2 Å². The summed E-state index contributed by atoms with van der Waals surface area (Å²) in [4.78, 5) is 31.9. The Morgan fingerprint density at radius 1 is 1.06 bits per heavy atom. The predicted octanol–water partition coefficient (Wildman–Crippen LogP) is 2.75. The van der Waals surface area contributed by atoms with Crippen LogP contribution in [0, 0.1) is 6.92 Å². The summed E-state index contributed by atoms with van der Waals surface area (Å²) in [7, 11) is 2.14. The summed E-state index contributed by atoms with van der Waals surface area (Å²) in [6.45, 7) is 10.0. The van der Waals surface area contributed by atoms with Crippen molar-refractivity contribution in [3.63, 3.8) is 0 Å². The minimum absolute atomic E-state index is 0.149. The topological polar surface area (TPSA) is 57.5 Å². The van der Waals surface area contributed by atoms with E-state index in [-0.39, 0.29) is 5.56 Å². The molecule has 7 nitrogen and oxygen atoms in total. The molecule has 0 aromatic carbocycles. The number of rotatable bonds is 6. The van der Waals surface area contributed by atoms with Crippen molar-refractivity contribution in [1.29, 1.82) is 0 Å². The zero-order valence-electron chi connectivity index (χ0n) is 19.1. The van der Waals surface area contributed by atoms with Gasteiger partial charge in [-0.2, -0.15) is 0 Å². The summed E-state index contributed by atoms with van der Waals surface area (Å²) in [5, 5.41) is 0.876. The van der Waals surface area contributed by atoms with Gasteiger partial charge in [-0.3, -0.25) is 14.3 Å². The summed E-state index contributed by atoms with van der Waals surface area (Å²) in [6.07, 6.45) is 4.81. The molecule has 1 saturated heterocycles. The van der Waals surface area contributed by atoms with Gasteiger partial charge in [0.1, 0.15) is 10.6 Å². The van der Waals surface area contributed by atoms with Crippen molar-refractivity contribution in [2.45, 2.75) is 39.3 Å². The molecule has 0 amide bonds. The van der Waals surface area contributed by atoms with E-state index in [1.807, 2.05) is 17.6 Å². The van der Waals surface area contributed by atoms with E-state index in [1.54, 1.807) is 17.7 Å². The molecule has 0 radical (unpaired) electrons. The van der Waals surface area contributed by atoms with Crippen molar-refractivity contribution in [2.24, 2.45) is 0 Å². The van der Waals surface area contributed by atoms with Crippen LogP contribution in [0.4, 0.5) is 5.82 Å². The molecule has 170 valence electrons. The highest BCUT2D eigenvalue weighted by Gasteiger charge is 2.22. The molecule has 1 fully saturated rings. The molecule has 3 aromatic rings. The molecule has 32 heavy (non-hydrogen) atoms. The average Bonchev–Trinajstić information content (AvgIpc) is 3.16. The van der Waals surface area contributed by atoms with Crippen LogP contribution in [0.3, 0.4) is 0 Å². The highest BCUT2D eigenvalue weighted by molar-refractivity contribution is 7.18. The molecular weight excluding hydrogens is 420 g/mol. The van der Waals surface area contributed by atoms with Crippen molar-refractivity contribution in [3.8, 4) is 0 Å². The number of aryl methyl sites for hydroxylation is 2. The van der Waals surface area contributed by atoms with Gasteiger partial charge >= 0.3 is 0 Å². The Labute approximate surface area is 193 Å². The van der Waals surface area contributed by atoms with E-state index in [4.69, 9.17) is 0 Å². The van der Waals surface area contributed by atoms with Crippen molar-refractivity contribution in [1.82, 2.24) is 24.3 Å². The maximum atomic E-state index is 13.1. The highest BCUT2D eigenvalue weighted by Crippen LogP contribution is 2.31. The van der Waals surface area contributed by atoms with Crippen LogP contribution in [0.2, 0.25) is 0 Å². The number of hydrogen-bond donors (Lipinski definition) is 0. The van der Waals surface area contributed by atoms with E-state index in [9.17, 15) is 4.79 Å². The molecule has 3 aromatic heterocycles. The van der Waals surface area contributed by atoms with Gasteiger partial charge in [-0.05, 0) is 57.5 Å². The van der Waals surface area contributed by atoms with Crippen molar-refractivity contribution in [3.05, 3.63) is 51.0 Å².